The Morgan fingerprint density at radius 1 is 1.05 bits per heavy atom. The highest BCUT2D eigenvalue weighted by Gasteiger charge is 2.33. The number of aromatic amines is 1. The van der Waals surface area contributed by atoms with Gasteiger partial charge < -0.3 is 14.8 Å². The molecule has 0 bridgehead atoms. The summed E-state index contributed by atoms with van der Waals surface area (Å²) in [5.74, 6) is 0.468. The van der Waals surface area contributed by atoms with Crippen LogP contribution in [0.3, 0.4) is 0 Å². The normalized spacial score (nSPS) is 15.1. The molecule has 1 saturated heterocycles. The predicted molar refractivity (Wildman–Crippen MR) is 145 cm³/mol. The van der Waals surface area contributed by atoms with Crippen LogP contribution in [-0.2, 0) is 24.7 Å². The summed E-state index contributed by atoms with van der Waals surface area (Å²) in [6.07, 6.45) is 7.63. The van der Waals surface area contributed by atoms with E-state index < -0.39 is 0 Å². The van der Waals surface area contributed by atoms with E-state index in [0.29, 0.717) is 18.0 Å². The molecule has 0 aliphatic carbocycles. The number of para-hydroxylation sites is 1. The molecule has 1 aliphatic heterocycles. The Labute approximate surface area is 218 Å². The molecule has 37 heavy (non-hydrogen) atoms. The molecular weight excluding hydrogens is 462 g/mol. The van der Waals surface area contributed by atoms with Gasteiger partial charge in [-0.15, -0.1) is 0 Å². The van der Waals surface area contributed by atoms with Crippen molar-refractivity contribution in [3.05, 3.63) is 89.9 Å². The van der Waals surface area contributed by atoms with Crippen molar-refractivity contribution in [2.45, 2.75) is 38.1 Å². The van der Waals surface area contributed by atoms with E-state index in [9.17, 15) is 9.59 Å². The summed E-state index contributed by atoms with van der Waals surface area (Å²) in [5.41, 5.74) is 3.98. The summed E-state index contributed by atoms with van der Waals surface area (Å²) in [5, 5.41) is 5.53. The van der Waals surface area contributed by atoms with Crippen molar-refractivity contribution in [3.8, 4) is 0 Å². The van der Waals surface area contributed by atoms with Gasteiger partial charge in [-0.3, -0.25) is 14.3 Å². The average Bonchev–Trinajstić information content (AvgIpc) is 3.56. The van der Waals surface area contributed by atoms with Crippen LogP contribution in [-0.4, -0.2) is 62.6 Å². The fourth-order valence-corrected chi connectivity index (χ4v) is 5.61. The van der Waals surface area contributed by atoms with E-state index in [1.807, 2.05) is 60.4 Å². The molecule has 1 fully saturated rings. The average molecular weight is 498 g/mol. The zero-order valence-electron chi connectivity index (χ0n) is 21.6. The number of benzene rings is 2. The SMILES string of the molecule is CN(C(=O)c1ccn(C)n1)C(Cc1ccccc1)C1CCN(C(=O)CCc2c[nH]c3ccccc23)CC1. The maximum Gasteiger partial charge on any atom is 0.274 e. The van der Waals surface area contributed by atoms with Crippen molar-refractivity contribution >= 4 is 22.7 Å². The first-order chi connectivity index (χ1) is 18.0. The summed E-state index contributed by atoms with van der Waals surface area (Å²) in [6.45, 7) is 1.46. The monoisotopic (exact) mass is 497 g/mol. The fraction of sp³-hybridized carbons (Fsp3) is 0.367. The summed E-state index contributed by atoms with van der Waals surface area (Å²) in [7, 11) is 3.72. The number of aryl methyl sites for hydroxylation is 2. The van der Waals surface area contributed by atoms with E-state index in [1.54, 1.807) is 16.9 Å². The quantitative estimate of drug-likeness (QED) is 0.391. The zero-order chi connectivity index (χ0) is 25.8. The van der Waals surface area contributed by atoms with E-state index >= 15 is 0 Å². The van der Waals surface area contributed by atoms with E-state index in [1.165, 1.54) is 16.5 Å². The lowest BCUT2D eigenvalue weighted by Gasteiger charge is -2.40. The van der Waals surface area contributed by atoms with Crippen molar-refractivity contribution in [1.82, 2.24) is 24.6 Å². The molecule has 0 radical (unpaired) electrons. The second-order valence-corrected chi connectivity index (χ2v) is 10.1. The van der Waals surface area contributed by atoms with Gasteiger partial charge in [-0.25, -0.2) is 0 Å². The maximum atomic E-state index is 13.3. The van der Waals surface area contributed by atoms with Gasteiger partial charge in [0.15, 0.2) is 0 Å². The Balaban J connectivity index is 1.22. The molecule has 7 heteroatoms. The smallest absolute Gasteiger partial charge is 0.274 e. The third-order valence-electron chi connectivity index (χ3n) is 7.76. The predicted octanol–water partition coefficient (Wildman–Crippen LogP) is 4.46. The van der Waals surface area contributed by atoms with Crippen LogP contribution in [0, 0.1) is 5.92 Å². The first-order valence-corrected chi connectivity index (χ1v) is 13.1. The number of nitrogens with one attached hydrogen (secondary N) is 1. The van der Waals surface area contributed by atoms with Gasteiger partial charge in [0.25, 0.3) is 5.91 Å². The van der Waals surface area contributed by atoms with Gasteiger partial charge in [-0.2, -0.15) is 5.10 Å². The Morgan fingerprint density at radius 2 is 1.78 bits per heavy atom. The summed E-state index contributed by atoms with van der Waals surface area (Å²) in [6, 6.07) is 20.4. The number of piperidine rings is 1. The fourth-order valence-electron chi connectivity index (χ4n) is 5.61. The van der Waals surface area contributed by atoms with Crippen LogP contribution in [0.5, 0.6) is 0 Å². The first-order valence-electron chi connectivity index (χ1n) is 13.1. The number of aromatic nitrogens is 3. The summed E-state index contributed by atoms with van der Waals surface area (Å²) >= 11 is 0. The lowest BCUT2D eigenvalue weighted by atomic mass is 9.84. The maximum absolute atomic E-state index is 13.3. The molecule has 2 aromatic carbocycles. The highest BCUT2D eigenvalue weighted by atomic mass is 16.2. The molecule has 7 nitrogen and oxygen atoms in total. The minimum atomic E-state index is -0.0567. The van der Waals surface area contributed by atoms with Crippen LogP contribution in [0.4, 0.5) is 0 Å². The van der Waals surface area contributed by atoms with Gasteiger partial charge >= 0.3 is 0 Å². The molecule has 2 aromatic heterocycles. The number of nitrogens with zero attached hydrogens (tertiary/aromatic N) is 4. The van der Waals surface area contributed by atoms with Crippen LogP contribution < -0.4 is 0 Å². The molecule has 2 amide bonds. The minimum Gasteiger partial charge on any atom is -0.361 e. The summed E-state index contributed by atoms with van der Waals surface area (Å²) < 4.78 is 1.66. The second-order valence-electron chi connectivity index (χ2n) is 10.1. The number of rotatable bonds is 8. The van der Waals surface area contributed by atoms with Gasteiger partial charge in [0.2, 0.25) is 5.91 Å². The number of carbonyl (C=O) groups excluding carboxylic acids is 2. The Hall–Kier alpha value is -3.87. The minimum absolute atomic E-state index is 0.0420. The van der Waals surface area contributed by atoms with Crippen LogP contribution in [0.2, 0.25) is 0 Å². The first kappa shape index (κ1) is 24.8. The van der Waals surface area contributed by atoms with Crippen molar-refractivity contribution in [3.63, 3.8) is 0 Å². The second kappa shape index (κ2) is 11.0. The molecule has 0 spiro atoms. The standard InChI is InChI=1S/C30H35N5O2/c1-33-17-16-27(32-33)30(37)34(2)28(20-22-8-4-3-5-9-22)23-14-18-35(19-15-23)29(36)13-12-24-21-31-26-11-7-6-10-25(24)26/h3-11,16-17,21,23,28,31H,12-15,18-20H2,1-2H3. The van der Waals surface area contributed by atoms with E-state index in [2.05, 4.69) is 34.3 Å². The number of carbonyl (C=O) groups is 2. The van der Waals surface area contributed by atoms with Crippen LogP contribution in [0.15, 0.2) is 73.1 Å². The molecule has 5 rings (SSSR count). The Morgan fingerprint density at radius 3 is 2.51 bits per heavy atom. The van der Waals surface area contributed by atoms with Gasteiger partial charge in [0.1, 0.15) is 5.69 Å². The van der Waals surface area contributed by atoms with Gasteiger partial charge in [-0.1, -0.05) is 48.5 Å². The molecule has 1 N–H and O–H groups in total. The molecular formula is C30H35N5O2. The Bertz CT molecular complexity index is 1350. The van der Waals surface area contributed by atoms with Crippen molar-refractivity contribution in [1.29, 1.82) is 0 Å². The third kappa shape index (κ3) is 5.61. The summed E-state index contributed by atoms with van der Waals surface area (Å²) in [4.78, 5) is 33.5. The number of fused-ring (bicyclic) bond motifs is 1. The molecule has 4 aromatic rings. The topological polar surface area (TPSA) is 74.2 Å². The van der Waals surface area contributed by atoms with E-state index in [-0.39, 0.29) is 17.9 Å². The molecule has 0 saturated carbocycles. The molecule has 1 atom stereocenters. The highest BCUT2D eigenvalue weighted by Crippen LogP contribution is 2.28. The van der Waals surface area contributed by atoms with E-state index in [4.69, 9.17) is 0 Å². The lowest BCUT2D eigenvalue weighted by molar-refractivity contribution is -0.132. The Kier molecular flexibility index (Phi) is 7.40. The highest BCUT2D eigenvalue weighted by molar-refractivity contribution is 5.92. The molecule has 1 aliphatic rings. The third-order valence-corrected chi connectivity index (χ3v) is 7.76. The van der Waals surface area contributed by atoms with Crippen molar-refractivity contribution < 1.29 is 9.59 Å². The van der Waals surface area contributed by atoms with Crippen LogP contribution in [0.25, 0.3) is 10.9 Å². The number of likely N-dealkylation sites (tertiary alicyclic amines) is 1. The molecule has 192 valence electrons. The zero-order valence-corrected chi connectivity index (χ0v) is 21.6. The number of hydrogen-bond donors (Lipinski definition) is 1. The molecule has 3 heterocycles. The van der Waals surface area contributed by atoms with Gasteiger partial charge in [0, 0.05) is 62.9 Å². The molecule has 1 unspecified atom stereocenters. The van der Waals surface area contributed by atoms with Crippen molar-refractivity contribution in [2.75, 3.05) is 20.1 Å². The largest absolute Gasteiger partial charge is 0.361 e. The van der Waals surface area contributed by atoms with Gasteiger partial charge in [-0.05, 0) is 54.9 Å². The van der Waals surface area contributed by atoms with Crippen molar-refractivity contribution in [2.24, 2.45) is 13.0 Å². The lowest BCUT2D eigenvalue weighted by Crippen LogP contribution is -2.48. The van der Waals surface area contributed by atoms with Crippen LogP contribution in [0.1, 0.15) is 40.9 Å². The van der Waals surface area contributed by atoms with Crippen LogP contribution >= 0.6 is 0 Å². The van der Waals surface area contributed by atoms with Gasteiger partial charge in [0.05, 0.1) is 0 Å². The number of H-pyrrole nitrogens is 1. The van der Waals surface area contributed by atoms with E-state index in [0.717, 1.165) is 44.3 Å². The number of hydrogen-bond acceptors (Lipinski definition) is 3. The number of amides is 2. The number of likely N-dealkylation sites (N-methyl/N-ethyl adjacent to an activating group) is 1.